The van der Waals surface area contributed by atoms with Gasteiger partial charge in [-0.05, 0) is 35.2 Å². The van der Waals surface area contributed by atoms with Gasteiger partial charge in [-0.1, -0.05) is 45.0 Å². The van der Waals surface area contributed by atoms with E-state index in [-0.39, 0.29) is 30.4 Å². The summed E-state index contributed by atoms with van der Waals surface area (Å²) >= 11 is 0. The molecular formula is C21H23NO4. The summed E-state index contributed by atoms with van der Waals surface area (Å²) in [5.74, 6) is -0.113. The SMILES string of the molecule is CC(C)(C)c1ccc(OC[C@@H](O)CN2C(=O)c3ccccc3C2=O)cc1. The summed E-state index contributed by atoms with van der Waals surface area (Å²) in [4.78, 5) is 25.7. The van der Waals surface area contributed by atoms with E-state index >= 15 is 0 Å². The minimum atomic E-state index is -0.959. The van der Waals surface area contributed by atoms with Crippen LogP contribution in [0.5, 0.6) is 5.75 Å². The number of benzene rings is 2. The molecule has 0 saturated carbocycles. The number of hydrogen-bond donors (Lipinski definition) is 1. The van der Waals surface area contributed by atoms with E-state index in [0.29, 0.717) is 16.9 Å². The van der Waals surface area contributed by atoms with Crippen LogP contribution in [0.4, 0.5) is 0 Å². The first-order chi connectivity index (χ1) is 12.3. The van der Waals surface area contributed by atoms with Crippen molar-refractivity contribution in [3.63, 3.8) is 0 Å². The molecule has 0 aromatic heterocycles. The molecule has 2 aromatic carbocycles. The van der Waals surface area contributed by atoms with Crippen LogP contribution in [0.15, 0.2) is 48.5 Å². The lowest BCUT2D eigenvalue weighted by Crippen LogP contribution is -2.39. The van der Waals surface area contributed by atoms with Crippen LogP contribution in [0.1, 0.15) is 47.1 Å². The van der Waals surface area contributed by atoms with Gasteiger partial charge in [-0.3, -0.25) is 14.5 Å². The quantitative estimate of drug-likeness (QED) is 0.839. The molecule has 0 radical (unpaired) electrons. The van der Waals surface area contributed by atoms with Crippen molar-refractivity contribution in [2.75, 3.05) is 13.2 Å². The van der Waals surface area contributed by atoms with Gasteiger partial charge < -0.3 is 9.84 Å². The summed E-state index contributed by atoms with van der Waals surface area (Å²) in [5, 5.41) is 10.2. The number of fused-ring (bicyclic) bond motifs is 1. The van der Waals surface area contributed by atoms with Crippen molar-refractivity contribution < 1.29 is 19.4 Å². The predicted molar refractivity (Wildman–Crippen MR) is 98.5 cm³/mol. The molecule has 1 N–H and O–H groups in total. The van der Waals surface area contributed by atoms with Crippen LogP contribution in [0.25, 0.3) is 0 Å². The van der Waals surface area contributed by atoms with Crippen molar-refractivity contribution in [3.05, 3.63) is 65.2 Å². The summed E-state index contributed by atoms with van der Waals surface area (Å²) in [6, 6.07) is 14.4. The third kappa shape index (κ3) is 3.63. The van der Waals surface area contributed by atoms with E-state index < -0.39 is 6.10 Å². The third-order valence-corrected chi connectivity index (χ3v) is 4.43. The second-order valence-corrected chi connectivity index (χ2v) is 7.51. The number of aliphatic hydroxyl groups excluding tert-OH is 1. The van der Waals surface area contributed by atoms with Gasteiger partial charge in [0.1, 0.15) is 18.5 Å². The fourth-order valence-electron chi connectivity index (χ4n) is 2.91. The Bertz CT molecular complexity index is 786. The molecule has 5 nitrogen and oxygen atoms in total. The molecule has 2 amide bonds. The number of aliphatic hydroxyl groups is 1. The molecule has 1 heterocycles. The molecule has 0 spiro atoms. The first-order valence-electron chi connectivity index (χ1n) is 8.64. The van der Waals surface area contributed by atoms with Crippen molar-refractivity contribution in [2.45, 2.75) is 32.3 Å². The fourth-order valence-corrected chi connectivity index (χ4v) is 2.91. The van der Waals surface area contributed by atoms with Crippen molar-refractivity contribution in [1.29, 1.82) is 0 Å². The molecule has 0 aliphatic carbocycles. The first-order valence-corrected chi connectivity index (χ1v) is 8.64. The number of rotatable bonds is 5. The molecule has 0 saturated heterocycles. The van der Waals surface area contributed by atoms with Crippen LogP contribution in [-0.4, -0.2) is 41.1 Å². The van der Waals surface area contributed by atoms with Crippen LogP contribution < -0.4 is 4.74 Å². The standard InChI is InChI=1S/C21H23NO4/c1-21(2,3)14-8-10-16(11-9-14)26-13-15(23)12-22-19(24)17-6-4-5-7-18(17)20(22)25/h4-11,15,23H,12-13H2,1-3H3/t15-/m0/s1. The maximum atomic E-state index is 12.3. The zero-order chi connectivity index (χ0) is 18.9. The molecule has 0 unspecified atom stereocenters. The van der Waals surface area contributed by atoms with E-state index in [0.717, 1.165) is 4.90 Å². The Balaban J connectivity index is 1.58. The maximum absolute atomic E-state index is 12.3. The number of amides is 2. The second-order valence-electron chi connectivity index (χ2n) is 7.51. The number of β-amino-alcohol motifs (C(OH)–C–C–N with tert-alkyl or cyclic N) is 1. The Morgan fingerprint density at radius 2 is 1.50 bits per heavy atom. The number of nitrogens with zero attached hydrogens (tertiary/aromatic N) is 1. The Hall–Kier alpha value is -2.66. The van der Waals surface area contributed by atoms with Crippen molar-refractivity contribution in [2.24, 2.45) is 0 Å². The minimum absolute atomic E-state index is 0.00225. The maximum Gasteiger partial charge on any atom is 0.261 e. The molecule has 0 fully saturated rings. The molecule has 136 valence electrons. The highest BCUT2D eigenvalue weighted by Crippen LogP contribution is 2.25. The molecule has 3 rings (SSSR count). The van der Waals surface area contributed by atoms with Gasteiger partial charge in [0.25, 0.3) is 11.8 Å². The lowest BCUT2D eigenvalue weighted by atomic mass is 9.87. The van der Waals surface area contributed by atoms with E-state index in [1.807, 2.05) is 24.3 Å². The Morgan fingerprint density at radius 1 is 0.962 bits per heavy atom. The predicted octanol–water partition coefficient (Wildman–Crippen LogP) is 3.02. The summed E-state index contributed by atoms with van der Waals surface area (Å²) < 4.78 is 5.59. The summed E-state index contributed by atoms with van der Waals surface area (Å²) in [5.41, 5.74) is 2.01. The average Bonchev–Trinajstić information content (AvgIpc) is 2.85. The van der Waals surface area contributed by atoms with E-state index in [1.165, 1.54) is 5.56 Å². The highest BCUT2D eigenvalue weighted by molar-refractivity contribution is 6.21. The summed E-state index contributed by atoms with van der Waals surface area (Å²) in [6.45, 7) is 6.31. The molecule has 1 aliphatic heterocycles. The minimum Gasteiger partial charge on any atom is -0.491 e. The van der Waals surface area contributed by atoms with Gasteiger partial charge in [0, 0.05) is 0 Å². The highest BCUT2D eigenvalue weighted by atomic mass is 16.5. The largest absolute Gasteiger partial charge is 0.491 e. The zero-order valence-corrected chi connectivity index (χ0v) is 15.2. The van der Waals surface area contributed by atoms with Crippen molar-refractivity contribution in [3.8, 4) is 5.75 Å². The lowest BCUT2D eigenvalue weighted by molar-refractivity contribution is 0.0457. The highest BCUT2D eigenvalue weighted by Gasteiger charge is 2.36. The average molecular weight is 353 g/mol. The molecule has 5 heteroatoms. The Morgan fingerprint density at radius 3 is 2.00 bits per heavy atom. The Kier molecular flexibility index (Phi) is 4.83. The first kappa shape index (κ1) is 18.1. The van der Waals surface area contributed by atoms with Crippen LogP contribution in [0, 0.1) is 0 Å². The monoisotopic (exact) mass is 353 g/mol. The van der Waals surface area contributed by atoms with E-state index in [9.17, 15) is 14.7 Å². The number of carbonyl (C=O) groups is 2. The molecule has 26 heavy (non-hydrogen) atoms. The molecule has 0 bridgehead atoms. The topological polar surface area (TPSA) is 66.8 Å². The normalized spacial score (nSPS) is 15.2. The van der Waals surface area contributed by atoms with Crippen LogP contribution in [-0.2, 0) is 5.41 Å². The summed E-state index contributed by atoms with van der Waals surface area (Å²) in [7, 11) is 0. The van der Waals surface area contributed by atoms with Gasteiger partial charge in [-0.15, -0.1) is 0 Å². The van der Waals surface area contributed by atoms with E-state index in [1.54, 1.807) is 24.3 Å². The van der Waals surface area contributed by atoms with Crippen LogP contribution in [0.2, 0.25) is 0 Å². The molecule has 2 aromatic rings. The number of carbonyl (C=O) groups excluding carboxylic acids is 2. The zero-order valence-electron chi connectivity index (χ0n) is 15.2. The van der Waals surface area contributed by atoms with Crippen molar-refractivity contribution >= 4 is 11.8 Å². The number of ether oxygens (including phenoxy) is 1. The number of hydrogen-bond acceptors (Lipinski definition) is 4. The van der Waals surface area contributed by atoms with Crippen LogP contribution >= 0.6 is 0 Å². The van der Waals surface area contributed by atoms with Gasteiger partial charge >= 0.3 is 0 Å². The van der Waals surface area contributed by atoms with Gasteiger partial charge in [0.15, 0.2) is 0 Å². The number of imide groups is 1. The van der Waals surface area contributed by atoms with Gasteiger partial charge in [-0.2, -0.15) is 0 Å². The molecular weight excluding hydrogens is 330 g/mol. The fraction of sp³-hybridized carbons (Fsp3) is 0.333. The van der Waals surface area contributed by atoms with Gasteiger partial charge in [0.2, 0.25) is 0 Å². The Labute approximate surface area is 153 Å². The second kappa shape index (κ2) is 6.92. The van der Waals surface area contributed by atoms with E-state index in [4.69, 9.17) is 4.74 Å². The molecule has 1 aliphatic rings. The van der Waals surface area contributed by atoms with Crippen LogP contribution in [0.3, 0.4) is 0 Å². The molecule has 1 atom stereocenters. The lowest BCUT2D eigenvalue weighted by Gasteiger charge is -2.20. The van der Waals surface area contributed by atoms with Crippen molar-refractivity contribution in [1.82, 2.24) is 4.90 Å². The van der Waals surface area contributed by atoms with Gasteiger partial charge in [-0.25, -0.2) is 0 Å². The smallest absolute Gasteiger partial charge is 0.261 e. The summed E-state index contributed by atoms with van der Waals surface area (Å²) in [6.07, 6.45) is -0.959. The third-order valence-electron chi connectivity index (χ3n) is 4.43. The van der Waals surface area contributed by atoms with Gasteiger partial charge in [0.05, 0.1) is 17.7 Å². The van der Waals surface area contributed by atoms with E-state index in [2.05, 4.69) is 20.8 Å².